The number of benzene rings is 2. The Bertz CT molecular complexity index is 1470. The fraction of sp³-hybridized carbons (Fsp3) is 0.318. The number of anilines is 1. The summed E-state index contributed by atoms with van der Waals surface area (Å²) >= 11 is 6.09. The number of aryl methyl sites for hydroxylation is 1. The molecule has 2 N–H and O–H groups in total. The molecule has 3 aromatic rings. The summed E-state index contributed by atoms with van der Waals surface area (Å²) in [7, 11) is -4.35. The molecule has 2 atom stereocenters. The molecule has 4 rings (SSSR count). The van der Waals surface area contributed by atoms with Gasteiger partial charge in [-0.1, -0.05) is 24.6 Å². The second-order valence-electron chi connectivity index (χ2n) is 8.20. The van der Waals surface area contributed by atoms with E-state index in [4.69, 9.17) is 16.0 Å². The Morgan fingerprint density at radius 3 is 2.62 bits per heavy atom. The molecular formula is C22H22ClFN4O5S. The van der Waals surface area contributed by atoms with Gasteiger partial charge in [0.2, 0.25) is 15.9 Å². The van der Waals surface area contributed by atoms with Gasteiger partial charge in [-0.2, -0.15) is 4.31 Å². The van der Waals surface area contributed by atoms with Crippen LogP contribution in [-0.2, 0) is 10.0 Å². The summed E-state index contributed by atoms with van der Waals surface area (Å²) < 4.78 is 48.9. The van der Waals surface area contributed by atoms with Crippen LogP contribution in [0.25, 0.3) is 0 Å². The molecule has 9 nitrogen and oxygen atoms in total. The third-order valence-electron chi connectivity index (χ3n) is 6.10. The van der Waals surface area contributed by atoms with Crippen LogP contribution in [0.2, 0.25) is 5.02 Å². The Morgan fingerprint density at radius 2 is 2.00 bits per heavy atom. The number of ketones is 1. The summed E-state index contributed by atoms with van der Waals surface area (Å²) in [5.41, 5.74) is 1.78. The number of halogens is 2. The zero-order chi connectivity index (χ0) is 24.9. The second-order valence-corrected chi connectivity index (χ2v) is 10.5. The van der Waals surface area contributed by atoms with Gasteiger partial charge in [0.1, 0.15) is 16.8 Å². The molecule has 180 valence electrons. The van der Waals surface area contributed by atoms with E-state index in [0.717, 1.165) is 9.87 Å². The number of hydrogen-bond donors (Lipinski definition) is 2. The SMILES string of the molecule is CC(=O)c1cc(Cl)cc2c1S(=O)(=O)N([C@H](c1n[nH]c(=O)o1)[C@@H](C)c1c(F)ccc(C)c1C)CN2. The van der Waals surface area contributed by atoms with Crippen molar-refractivity contribution in [2.45, 2.75) is 44.6 Å². The molecule has 12 heteroatoms. The van der Waals surface area contributed by atoms with Gasteiger partial charge in [-0.25, -0.2) is 22.7 Å². The lowest BCUT2D eigenvalue weighted by atomic mass is 9.87. The molecule has 0 aliphatic carbocycles. The maximum absolute atomic E-state index is 15.0. The summed E-state index contributed by atoms with van der Waals surface area (Å²) in [6.45, 7) is 6.15. The number of aromatic amines is 1. The summed E-state index contributed by atoms with van der Waals surface area (Å²) in [6.07, 6.45) is 0. The topological polar surface area (TPSA) is 125 Å². The van der Waals surface area contributed by atoms with Gasteiger partial charge in [-0.3, -0.25) is 4.79 Å². The fourth-order valence-electron chi connectivity index (χ4n) is 4.35. The molecule has 1 aliphatic heterocycles. The van der Waals surface area contributed by atoms with Crippen LogP contribution in [0.5, 0.6) is 0 Å². The summed E-state index contributed by atoms with van der Waals surface area (Å²) in [5, 5.41) is 9.17. The van der Waals surface area contributed by atoms with Gasteiger partial charge in [0.25, 0.3) is 0 Å². The maximum atomic E-state index is 15.0. The second kappa shape index (κ2) is 8.64. The molecule has 0 spiro atoms. The zero-order valence-corrected chi connectivity index (χ0v) is 20.3. The van der Waals surface area contributed by atoms with Crippen molar-refractivity contribution in [2.75, 3.05) is 12.0 Å². The molecule has 1 aliphatic rings. The standard InChI is InChI=1S/C22H22ClFN4O5S/c1-10-5-6-16(24)18(11(10)2)12(3)19(21-26-27-22(30)33-21)28-9-25-17-8-14(23)7-15(13(4)29)20(17)34(28,31)32/h5-8,12,19,25H,9H2,1-4H3,(H,27,30)/t12-,19-/m0/s1. The average molecular weight is 509 g/mol. The van der Waals surface area contributed by atoms with E-state index >= 15 is 4.39 Å². The molecule has 0 saturated heterocycles. The first kappa shape index (κ1) is 24.1. The average Bonchev–Trinajstić information content (AvgIpc) is 3.17. The lowest BCUT2D eigenvalue weighted by Crippen LogP contribution is -2.44. The number of carbonyl (C=O) groups is 1. The van der Waals surface area contributed by atoms with Gasteiger partial charge in [0, 0.05) is 16.5 Å². The Balaban J connectivity index is 1.94. The van der Waals surface area contributed by atoms with E-state index in [9.17, 15) is 18.0 Å². The van der Waals surface area contributed by atoms with Crippen LogP contribution >= 0.6 is 11.6 Å². The Hall–Kier alpha value is -3.02. The van der Waals surface area contributed by atoms with Crippen molar-refractivity contribution in [2.24, 2.45) is 0 Å². The minimum atomic E-state index is -4.35. The molecule has 34 heavy (non-hydrogen) atoms. The van der Waals surface area contributed by atoms with Crippen molar-refractivity contribution in [3.8, 4) is 0 Å². The lowest BCUT2D eigenvalue weighted by Gasteiger charge is -2.37. The van der Waals surface area contributed by atoms with Gasteiger partial charge in [-0.15, -0.1) is 5.10 Å². The summed E-state index contributed by atoms with van der Waals surface area (Å²) in [6, 6.07) is 4.41. The van der Waals surface area contributed by atoms with Crippen molar-refractivity contribution < 1.29 is 22.0 Å². The Morgan fingerprint density at radius 1 is 1.29 bits per heavy atom. The first-order valence-corrected chi connectivity index (χ1v) is 12.2. The summed E-state index contributed by atoms with van der Waals surface area (Å²) in [4.78, 5) is 23.8. The Kier molecular flexibility index (Phi) is 6.13. The molecule has 0 bridgehead atoms. The van der Waals surface area contributed by atoms with Crippen LogP contribution in [0.4, 0.5) is 10.1 Å². The third-order valence-corrected chi connectivity index (χ3v) is 8.25. The quantitative estimate of drug-likeness (QED) is 0.501. The molecule has 0 unspecified atom stereocenters. The highest BCUT2D eigenvalue weighted by atomic mass is 35.5. The Labute approximate surface area is 200 Å². The first-order valence-electron chi connectivity index (χ1n) is 10.3. The van der Waals surface area contributed by atoms with E-state index in [2.05, 4.69) is 15.5 Å². The molecule has 0 saturated carbocycles. The highest BCUT2D eigenvalue weighted by Gasteiger charge is 2.45. The highest BCUT2D eigenvalue weighted by Crippen LogP contribution is 2.44. The van der Waals surface area contributed by atoms with E-state index in [-0.39, 0.29) is 39.3 Å². The van der Waals surface area contributed by atoms with Crippen LogP contribution in [0, 0.1) is 19.7 Å². The minimum Gasteiger partial charge on any atom is -0.391 e. The predicted molar refractivity (Wildman–Crippen MR) is 123 cm³/mol. The van der Waals surface area contributed by atoms with Crippen molar-refractivity contribution >= 4 is 33.1 Å². The molecular weight excluding hydrogens is 487 g/mol. The monoisotopic (exact) mass is 508 g/mol. The van der Waals surface area contributed by atoms with E-state index in [0.29, 0.717) is 5.56 Å². The summed E-state index contributed by atoms with van der Waals surface area (Å²) in [5.74, 6) is -2.96. The number of rotatable bonds is 5. The van der Waals surface area contributed by atoms with Gasteiger partial charge in [-0.05, 0) is 55.7 Å². The van der Waals surface area contributed by atoms with Crippen molar-refractivity contribution in [1.82, 2.24) is 14.5 Å². The highest BCUT2D eigenvalue weighted by molar-refractivity contribution is 7.89. The van der Waals surface area contributed by atoms with Crippen LogP contribution in [0.15, 0.2) is 38.4 Å². The molecule has 1 aromatic heterocycles. The van der Waals surface area contributed by atoms with Crippen LogP contribution in [0.3, 0.4) is 0 Å². The number of Topliss-reactive ketones (excluding diaryl/α,β-unsaturated/α-hetero) is 1. The van der Waals surface area contributed by atoms with Crippen molar-refractivity contribution in [3.05, 3.63) is 73.8 Å². The van der Waals surface area contributed by atoms with E-state index in [1.54, 1.807) is 19.9 Å². The van der Waals surface area contributed by atoms with E-state index in [1.807, 2.05) is 6.92 Å². The zero-order valence-electron chi connectivity index (χ0n) is 18.8. The largest absolute Gasteiger partial charge is 0.434 e. The molecule has 2 heterocycles. The third kappa shape index (κ3) is 3.93. The number of fused-ring (bicyclic) bond motifs is 1. The van der Waals surface area contributed by atoms with E-state index in [1.165, 1.54) is 25.1 Å². The lowest BCUT2D eigenvalue weighted by molar-refractivity contribution is 0.101. The number of sulfonamides is 1. The van der Waals surface area contributed by atoms with Gasteiger partial charge in [0.15, 0.2) is 5.78 Å². The minimum absolute atomic E-state index is 0.0903. The first-order chi connectivity index (χ1) is 15.9. The number of H-pyrrole nitrogens is 1. The number of nitrogens with zero attached hydrogens (tertiary/aromatic N) is 2. The molecule has 0 radical (unpaired) electrons. The van der Waals surface area contributed by atoms with Gasteiger partial charge < -0.3 is 9.73 Å². The predicted octanol–water partition coefficient (Wildman–Crippen LogP) is 3.89. The maximum Gasteiger partial charge on any atom is 0.434 e. The smallest absolute Gasteiger partial charge is 0.391 e. The van der Waals surface area contributed by atoms with Crippen molar-refractivity contribution in [1.29, 1.82) is 0 Å². The van der Waals surface area contributed by atoms with Crippen LogP contribution < -0.4 is 11.1 Å². The number of hydrogen-bond acceptors (Lipinski definition) is 7. The van der Waals surface area contributed by atoms with E-state index < -0.39 is 39.3 Å². The fourth-order valence-corrected chi connectivity index (χ4v) is 6.50. The van der Waals surface area contributed by atoms with Crippen LogP contribution in [-0.4, -0.2) is 35.4 Å². The number of nitrogens with one attached hydrogen (secondary N) is 2. The van der Waals surface area contributed by atoms with Gasteiger partial charge >= 0.3 is 5.76 Å². The van der Waals surface area contributed by atoms with Gasteiger partial charge in [0.05, 0.1) is 12.4 Å². The van der Waals surface area contributed by atoms with Crippen LogP contribution in [0.1, 0.15) is 58.7 Å². The molecule has 2 aromatic carbocycles. The number of carbonyl (C=O) groups excluding carboxylic acids is 1. The molecule has 0 fully saturated rings. The van der Waals surface area contributed by atoms with Crippen molar-refractivity contribution in [3.63, 3.8) is 0 Å². The number of aromatic nitrogens is 2. The molecule has 0 amide bonds. The normalized spacial score (nSPS) is 17.0.